The van der Waals surface area contributed by atoms with Crippen molar-refractivity contribution in [2.45, 2.75) is 50.5 Å². The van der Waals surface area contributed by atoms with E-state index in [1.165, 1.54) is 9.87 Å². The Balaban J connectivity index is 1.49. The van der Waals surface area contributed by atoms with Crippen molar-refractivity contribution in [2.75, 3.05) is 19.7 Å². The van der Waals surface area contributed by atoms with Gasteiger partial charge in [-0.15, -0.1) is 0 Å². The van der Waals surface area contributed by atoms with Gasteiger partial charge in [0.2, 0.25) is 10.0 Å². The summed E-state index contributed by atoms with van der Waals surface area (Å²) < 4.78 is 32.5. The molecule has 1 aliphatic rings. The molecular weight excluding hydrogens is 400 g/mol. The number of ether oxygens (including phenoxy) is 1. The number of nitrogens with zero attached hydrogens (tertiary/aromatic N) is 1. The zero-order valence-corrected chi connectivity index (χ0v) is 18.5. The van der Waals surface area contributed by atoms with Crippen molar-refractivity contribution in [1.29, 1.82) is 0 Å². The number of hydrogen-bond acceptors (Lipinski definition) is 4. The minimum atomic E-state index is -3.46. The van der Waals surface area contributed by atoms with Crippen LogP contribution in [-0.4, -0.2) is 44.4 Å². The van der Waals surface area contributed by atoms with Gasteiger partial charge >= 0.3 is 0 Å². The molecule has 6 nitrogen and oxygen atoms in total. The van der Waals surface area contributed by atoms with E-state index in [0.717, 1.165) is 25.7 Å². The highest BCUT2D eigenvalue weighted by molar-refractivity contribution is 7.89. The van der Waals surface area contributed by atoms with Crippen LogP contribution in [-0.2, 0) is 21.2 Å². The largest absolute Gasteiger partial charge is 0.484 e. The average molecular weight is 431 g/mol. The number of carbonyl (C=O) groups excluding carboxylic acids is 1. The summed E-state index contributed by atoms with van der Waals surface area (Å²) in [6.07, 6.45) is 3.55. The van der Waals surface area contributed by atoms with E-state index in [2.05, 4.69) is 17.4 Å². The topological polar surface area (TPSA) is 75.7 Å². The second-order valence-electron chi connectivity index (χ2n) is 7.82. The lowest BCUT2D eigenvalue weighted by molar-refractivity contribution is -0.123. The molecule has 2 aromatic carbocycles. The van der Waals surface area contributed by atoms with Crippen LogP contribution in [0.4, 0.5) is 0 Å². The van der Waals surface area contributed by atoms with Crippen LogP contribution >= 0.6 is 0 Å². The highest BCUT2D eigenvalue weighted by Crippen LogP contribution is 2.26. The molecule has 1 heterocycles. The van der Waals surface area contributed by atoms with Crippen LogP contribution in [0.3, 0.4) is 0 Å². The molecule has 2 aromatic rings. The monoisotopic (exact) mass is 430 g/mol. The Hall–Kier alpha value is -2.38. The van der Waals surface area contributed by atoms with Gasteiger partial charge in [-0.3, -0.25) is 4.79 Å². The van der Waals surface area contributed by atoms with Crippen LogP contribution in [0, 0.1) is 6.92 Å². The SMILES string of the molecule is Cc1cc(S(=O)(=O)N2CCCC2)ccc1OCC(=O)N[C@H](C)CCc1ccccc1. The maximum Gasteiger partial charge on any atom is 0.258 e. The van der Waals surface area contributed by atoms with Crippen molar-refractivity contribution in [2.24, 2.45) is 0 Å². The lowest BCUT2D eigenvalue weighted by Gasteiger charge is -2.17. The second-order valence-corrected chi connectivity index (χ2v) is 9.76. The molecule has 1 saturated heterocycles. The Morgan fingerprint density at radius 1 is 1.13 bits per heavy atom. The molecular formula is C23H30N2O4S. The lowest BCUT2D eigenvalue weighted by Crippen LogP contribution is -2.36. The number of nitrogens with one attached hydrogen (secondary N) is 1. The van der Waals surface area contributed by atoms with Crippen LogP contribution in [0.25, 0.3) is 0 Å². The third kappa shape index (κ3) is 5.83. The summed E-state index contributed by atoms with van der Waals surface area (Å²) in [5.41, 5.74) is 1.94. The number of rotatable bonds is 9. The van der Waals surface area contributed by atoms with E-state index < -0.39 is 10.0 Å². The molecule has 0 bridgehead atoms. The first kappa shape index (κ1) is 22.3. The molecule has 1 atom stereocenters. The number of aryl methyl sites for hydroxylation is 2. The molecule has 0 saturated carbocycles. The highest BCUT2D eigenvalue weighted by atomic mass is 32.2. The number of amides is 1. The second kappa shape index (κ2) is 10.1. The normalized spacial score (nSPS) is 15.7. The zero-order valence-electron chi connectivity index (χ0n) is 17.6. The zero-order chi connectivity index (χ0) is 21.6. The van der Waals surface area contributed by atoms with E-state index in [0.29, 0.717) is 24.4 Å². The summed E-state index contributed by atoms with van der Waals surface area (Å²) in [5.74, 6) is 0.325. The van der Waals surface area contributed by atoms with Crippen molar-refractivity contribution in [3.05, 3.63) is 59.7 Å². The molecule has 7 heteroatoms. The maximum absolute atomic E-state index is 12.7. The van der Waals surface area contributed by atoms with E-state index in [4.69, 9.17) is 4.74 Å². The fourth-order valence-electron chi connectivity index (χ4n) is 3.58. The number of carbonyl (C=O) groups is 1. The molecule has 162 valence electrons. The van der Waals surface area contributed by atoms with Crippen LogP contribution in [0.2, 0.25) is 0 Å². The summed E-state index contributed by atoms with van der Waals surface area (Å²) in [7, 11) is -3.46. The first-order valence-corrected chi connectivity index (χ1v) is 11.9. The van der Waals surface area contributed by atoms with Crippen molar-refractivity contribution in [3.63, 3.8) is 0 Å². The summed E-state index contributed by atoms with van der Waals surface area (Å²) in [5, 5.41) is 2.95. The predicted molar refractivity (Wildman–Crippen MR) is 117 cm³/mol. The van der Waals surface area contributed by atoms with Crippen LogP contribution in [0.5, 0.6) is 5.75 Å². The highest BCUT2D eigenvalue weighted by Gasteiger charge is 2.27. The van der Waals surface area contributed by atoms with E-state index in [9.17, 15) is 13.2 Å². The fourth-order valence-corrected chi connectivity index (χ4v) is 5.18. The Morgan fingerprint density at radius 2 is 1.83 bits per heavy atom. The summed E-state index contributed by atoms with van der Waals surface area (Å²) in [6.45, 7) is 4.81. The molecule has 1 fully saturated rings. The van der Waals surface area contributed by atoms with Gasteiger partial charge in [0.15, 0.2) is 6.61 Å². The Kier molecular flexibility index (Phi) is 7.50. The number of benzene rings is 2. The summed E-state index contributed by atoms with van der Waals surface area (Å²) in [4.78, 5) is 12.5. The number of hydrogen-bond donors (Lipinski definition) is 1. The van der Waals surface area contributed by atoms with E-state index in [1.807, 2.05) is 25.1 Å². The Bertz CT molecular complexity index is 954. The third-order valence-electron chi connectivity index (χ3n) is 5.32. The minimum Gasteiger partial charge on any atom is -0.484 e. The van der Waals surface area contributed by atoms with E-state index in [-0.39, 0.29) is 23.5 Å². The van der Waals surface area contributed by atoms with Crippen molar-refractivity contribution < 1.29 is 17.9 Å². The van der Waals surface area contributed by atoms with Gasteiger partial charge in [0, 0.05) is 19.1 Å². The third-order valence-corrected chi connectivity index (χ3v) is 7.22. The van der Waals surface area contributed by atoms with Gasteiger partial charge in [-0.1, -0.05) is 30.3 Å². The van der Waals surface area contributed by atoms with Crippen LogP contribution in [0.15, 0.2) is 53.4 Å². The van der Waals surface area contributed by atoms with Gasteiger partial charge in [0.1, 0.15) is 5.75 Å². The number of sulfonamides is 1. The molecule has 3 rings (SSSR count). The van der Waals surface area contributed by atoms with Gasteiger partial charge in [-0.25, -0.2) is 8.42 Å². The van der Waals surface area contributed by atoms with Gasteiger partial charge in [0.25, 0.3) is 5.91 Å². The first-order chi connectivity index (χ1) is 14.4. The first-order valence-electron chi connectivity index (χ1n) is 10.4. The van der Waals surface area contributed by atoms with E-state index >= 15 is 0 Å². The molecule has 1 aliphatic heterocycles. The van der Waals surface area contributed by atoms with E-state index in [1.54, 1.807) is 25.1 Å². The summed E-state index contributed by atoms with van der Waals surface area (Å²) in [6, 6.07) is 15.0. The van der Waals surface area contributed by atoms with Crippen molar-refractivity contribution in [1.82, 2.24) is 9.62 Å². The molecule has 1 N–H and O–H groups in total. The van der Waals surface area contributed by atoms with Crippen LogP contribution < -0.4 is 10.1 Å². The minimum absolute atomic E-state index is 0.0374. The van der Waals surface area contributed by atoms with Gasteiger partial charge in [-0.2, -0.15) is 4.31 Å². The van der Waals surface area contributed by atoms with Gasteiger partial charge in [0.05, 0.1) is 4.90 Å². The molecule has 0 radical (unpaired) electrons. The average Bonchev–Trinajstić information content (AvgIpc) is 3.28. The van der Waals surface area contributed by atoms with Crippen molar-refractivity contribution >= 4 is 15.9 Å². The van der Waals surface area contributed by atoms with Crippen LogP contribution in [0.1, 0.15) is 37.3 Å². The lowest BCUT2D eigenvalue weighted by atomic mass is 10.1. The quantitative estimate of drug-likeness (QED) is 0.662. The Labute approximate surface area is 179 Å². The fraction of sp³-hybridized carbons (Fsp3) is 0.435. The van der Waals surface area contributed by atoms with Crippen molar-refractivity contribution in [3.8, 4) is 5.75 Å². The molecule has 0 spiro atoms. The Morgan fingerprint density at radius 3 is 2.50 bits per heavy atom. The standard InChI is InChI=1S/C23H30N2O4S/c1-18-16-21(30(27,28)25-14-6-7-15-25)12-13-22(18)29-17-23(26)24-19(2)10-11-20-8-4-3-5-9-20/h3-5,8-9,12-13,16,19H,6-7,10-11,14-15,17H2,1-2H3,(H,24,26)/t19-/m1/s1. The predicted octanol–water partition coefficient (Wildman–Crippen LogP) is 3.30. The summed E-state index contributed by atoms with van der Waals surface area (Å²) >= 11 is 0. The molecule has 1 amide bonds. The maximum atomic E-state index is 12.7. The smallest absolute Gasteiger partial charge is 0.258 e. The molecule has 0 unspecified atom stereocenters. The molecule has 0 aliphatic carbocycles. The van der Waals surface area contributed by atoms with Gasteiger partial charge in [-0.05, 0) is 68.9 Å². The molecule has 30 heavy (non-hydrogen) atoms. The molecule has 0 aromatic heterocycles. The van der Waals surface area contributed by atoms with Gasteiger partial charge < -0.3 is 10.1 Å².